The number of pyridine rings is 2. The second kappa shape index (κ2) is 9.31. The highest BCUT2D eigenvalue weighted by molar-refractivity contribution is 5.96. The molecule has 4 aromatic heterocycles. The smallest absolute Gasteiger partial charge is 0.224 e. The third-order valence-electron chi connectivity index (χ3n) is 6.44. The van der Waals surface area contributed by atoms with Crippen molar-refractivity contribution in [2.24, 2.45) is 0 Å². The Kier molecular flexibility index (Phi) is 5.69. The van der Waals surface area contributed by atoms with Crippen molar-refractivity contribution in [3.8, 4) is 22.6 Å². The van der Waals surface area contributed by atoms with Gasteiger partial charge in [-0.05, 0) is 49.2 Å². The van der Waals surface area contributed by atoms with Crippen molar-refractivity contribution in [2.75, 3.05) is 5.32 Å². The van der Waals surface area contributed by atoms with Gasteiger partial charge < -0.3 is 10.3 Å². The van der Waals surface area contributed by atoms with Gasteiger partial charge in [-0.3, -0.25) is 19.9 Å². The minimum atomic E-state index is -0.0481. The van der Waals surface area contributed by atoms with E-state index in [0.717, 1.165) is 56.7 Å². The summed E-state index contributed by atoms with van der Waals surface area (Å²) in [5.74, 6) is 0.643. The van der Waals surface area contributed by atoms with Crippen LogP contribution in [-0.4, -0.2) is 36.0 Å². The summed E-state index contributed by atoms with van der Waals surface area (Å²) in [4.78, 5) is 29.0. The zero-order valence-corrected chi connectivity index (χ0v) is 20.5. The molecule has 3 N–H and O–H groups in total. The van der Waals surface area contributed by atoms with Crippen LogP contribution >= 0.6 is 0 Å². The molecule has 0 bridgehead atoms. The highest BCUT2D eigenvalue weighted by Crippen LogP contribution is 2.35. The lowest BCUT2D eigenvalue weighted by atomic mass is 10.0. The third kappa shape index (κ3) is 4.33. The highest BCUT2D eigenvalue weighted by atomic mass is 16.1. The Bertz CT molecular complexity index is 1690. The maximum Gasteiger partial charge on any atom is 0.224 e. The van der Waals surface area contributed by atoms with Gasteiger partial charge in [-0.25, -0.2) is 4.98 Å². The summed E-state index contributed by atoms with van der Waals surface area (Å²) in [7, 11) is 0. The molecule has 0 atom stereocenters. The van der Waals surface area contributed by atoms with E-state index in [4.69, 9.17) is 4.98 Å². The fourth-order valence-corrected chi connectivity index (χ4v) is 4.54. The van der Waals surface area contributed by atoms with Gasteiger partial charge in [0.2, 0.25) is 5.91 Å². The Morgan fingerprint density at radius 2 is 1.92 bits per heavy atom. The molecule has 5 aromatic rings. The minimum Gasteiger partial charge on any atom is -0.337 e. The number of carbonyl (C=O) groups excluding carboxylic acids is 1. The van der Waals surface area contributed by atoms with Crippen molar-refractivity contribution < 1.29 is 4.79 Å². The fraction of sp³-hybridized carbons (Fsp3) is 0.138. The average Bonchev–Trinajstić information content (AvgIpc) is 3.49. The Morgan fingerprint density at radius 1 is 1.03 bits per heavy atom. The number of hydrogen-bond donors (Lipinski definition) is 3. The van der Waals surface area contributed by atoms with Crippen molar-refractivity contribution in [3.63, 3.8) is 0 Å². The van der Waals surface area contributed by atoms with Crippen LogP contribution in [0.1, 0.15) is 43.6 Å². The van der Waals surface area contributed by atoms with Gasteiger partial charge in [0.05, 0.1) is 28.8 Å². The van der Waals surface area contributed by atoms with Crippen molar-refractivity contribution in [3.05, 3.63) is 89.8 Å². The summed E-state index contributed by atoms with van der Waals surface area (Å²) in [5, 5.41) is 11.6. The number of rotatable bonds is 5. The lowest BCUT2D eigenvalue weighted by molar-refractivity contribution is -0.115. The minimum absolute atomic E-state index is 0.0481. The Labute approximate surface area is 213 Å². The molecular formula is C29H25N7O. The third-order valence-corrected chi connectivity index (χ3v) is 6.44. The number of fused-ring (bicyclic) bond motifs is 2. The predicted molar refractivity (Wildman–Crippen MR) is 145 cm³/mol. The molecule has 1 aliphatic rings. The normalized spacial score (nSPS) is 13.0. The van der Waals surface area contributed by atoms with Crippen molar-refractivity contribution >= 4 is 34.1 Å². The first-order valence-corrected chi connectivity index (χ1v) is 12.2. The van der Waals surface area contributed by atoms with Crippen LogP contribution in [0.25, 0.3) is 45.2 Å². The van der Waals surface area contributed by atoms with E-state index in [-0.39, 0.29) is 5.91 Å². The molecule has 8 nitrogen and oxygen atoms in total. The molecule has 0 fully saturated rings. The SMILES string of the molecule is CCC(=O)Nc1cncc(-c2ccc3[nH]nc(-c4nc5c([nH]4)C=C(C)CC=C5c4cccnc4)c3c2)c1. The number of aromatic nitrogens is 6. The first-order chi connectivity index (χ1) is 18.1. The maximum atomic E-state index is 11.8. The summed E-state index contributed by atoms with van der Waals surface area (Å²) in [6, 6.07) is 12.0. The summed E-state index contributed by atoms with van der Waals surface area (Å²) >= 11 is 0. The van der Waals surface area contributed by atoms with E-state index in [9.17, 15) is 4.79 Å². The van der Waals surface area contributed by atoms with E-state index in [1.165, 1.54) is 5.57 Å². The summed E-state index contributed by atoms with van der Waals surface area (Å²) in [6.07, 6.45) is 12.7. The second-order valence-electron chi connectivity index (χ2n) is 9.10. The maximum absolute atomic E-state index is 11.8. The van der Waals surface area contributed by atoms with E-state index in [1.807, 2.05) is 37.4 Å². The van der Waals surface area contributed by atoms with E-state index < -0.39 is 0 Å². The number of nitrogens with zero attached hydrogens (tertiary/aromatic N) is 4. The number of amides is 1. The Morgan fingerprint density at radius 3 is 2.76 bits per heavy atom. The van der Waals surface area contributed by atoms with Crippen LogP contribution in [0.2, 0.25) is 0 Å². The number of aromatic amines is 2. The van der Waals surface area contributed by atoms with Crippen LogP contribution < -0.4 is 5.32 Å². The molecule has 6 rings (SSSR count). The quantitative estimate of drug-likeness (QED) is 0.282. The lowest BCUT2D eigenvalue weighted by Gasteiger charge is -2.06. The number of H-pyrrole nitrogens is 2. The standard InChI is InChI=1S/C29H25N7O/c1-3-26(37)32-21-12-20(15-31-16-21)18-7-9-24-23(13-18)28(36-35-24)29-33-25-11-17(2)6-8-22(27(25)34-29)19-5-4-10-30-14-19/h4-5,7-16H,3,6H2,1-2H3,(H,32,37)(H,33,34)(H,35,36). The zero-order valence-electron chi connectivity index (χ0n) is 20.5. The van der Waals surface area contributed by atoms with Crippen LogP contribution in [0, 0.1) is 0 Å². The molecule has 182 valence electrons. The number of allylic oxidation sites excluding steroid dienone is 2. The number of hydrogen-bond acceptors (Lipinski definition) is 5. The van der Waals surface area contributed by atoms with E-state index in [0.29, 0.717) is 17.9 Å². The largest absolute Gasteiger partial charge is 0.337 e. The van der Waals surface area contributed by atoms with Crippen molar-refractivity contribution in [2.45, 2.75) is 26.7 Å². The van der Waals surface area contributed by atoms with Crippen LogP contribution in [0.4, 0.5) is 5.69 Å². The number of carbonyl (C=O) groups is 1. The second-order valence-corrected chi connectivity index (χ2v) is 9.10. The lowest BCUT2D eigenvalue weighted by Crippen LogP contribution is -2.09. The van der Waals surface area contributed by atoms with Gasteiger partial charge in [-0.2, -0.15) is 5.10 Å². The van der Waals surface area contributed by atoms with Crippen molar-refractivity contribution in [1.29, 1.82) is 0 Å². The van der Waals surface area contributed by atoms with Gasteiger partial charge in [0.1, 0.15) is 5.69 Å². The van der Waals surface area contributed by atoms with Gasteiger partial charge in [0.25, 0.3) is 0 Å². The number of anilines is 1. The van der Waals surface area contributed by atoms with Gasteiger partial charge >= 0.3 is 0 Å². The predicted octanol–water partition coefficient (Wildman–Crippen LogP) is 6.00. The first-order valence-electron chi connectivity index (χ1n) is 12.2. The van der Waals surface area contributed by atoms with E-state index >= 15 is 0 Å². The zero-order chi connectivity index (χ0) is 25.4. The van der Waals surface area contributed by atoms with Crippen molar-refractivity contribution in [1.82, 2.24) is 30.1 Å². The fourth-order valence-electron chi connectivity index (χ4n) is 4.54. The number of nitrogens with one attached hydrogen (secondary N) is 3. The van der Waals surface area contributed by atoms with Gasteiger partial charge in [-0.15, -0.1) is 0 Å². The van der Waals surface area contributed by atoms with E-state index in [1.54, 1.807) is 18.6 Å². The molecule has 0 unspecified atom stereocenters. The van der Waals surface area contributed by atoms with Crippen LogP contribution in [0.15, 0.2) is 72.8 Å². The molecule has 0 aliphatic heterocycles. The summed E-state index contributed by atoms with van der Waals surface area (Å²) in [6.45, 7) is 3.94. The summed E-state index contributed by atoms with van der Waals surface area (Å²) < 4.78 is 0. The molecule has 1 aromatic carbocycles. The highest BCUT2D eigenvalue weighted by Gasteiger charge is 2.21. The Balaban J connectivity index is 1.42. The van der Waals surface area contributed by atoms with Crippen LogP contribution in [-0.2, 0) is 4.79 Å². The number of benzene rings is 1. The monoisotopic (exact) mass is 487 g/mol. The van der Waals surface area contributed by atoms with E-state index in [2.05, 4.69) is 61.7 Å². The van der Waals surface area contributed by atoms with Gasteiger partial charge in [-0.1, -0.05) is 30.7 Å². The van der Waals surface area contributed by atoms with Gasteiger partial charge in [0.15, 0.2) is 5.82 Å². The molecule has 0 radical (unpaired) electrons. The molecule has 4 heterocycles. The molecule has 0 saturated heterocycles. The molecule has 1 amide bonds. The molecular weight excluding hydrogens is 462 g/mol. The summed E-state index contributed by atoms with van der Waals surface area (Å²) in [5.41, 5.74) is 9.35. The first kappa shape index (κ1) is 22.6. The Hall–Kier alpha value is -4.85. The van der Waals surface area contributed by atoms with Crippen LogP contribution in [0.5, 0.6) is 0 Å². The topological polar surface area (TPSA) is 112 Å². The molecule has 0 saturated carbocycles. The molecule has 37 heavy (non-hydrogen) atoms. The molecule has 8 heteroatoms. The van der Waals surface area contributed by atoms with Gasteiger partial charge in [0, 0.05) is 47.1 Å². The average molecular weight is 488 g/mol. The molecule has 1 aliphatic carbocycles. The molecule has 0 spiro atoms. The number of imidazole rings is 1. The van der Waals surface area contributed by atoms with Crippen LogP contribution in [0.3, 0.4) is 0 Å².